The first-order valence-corrected chi connectivity index (χ1v) is 6.03. The number of nitrogens with one attached hydrogen (secondary N) is 1. The summed E-state index contributed by atoms with van der Waals surface area (Å²) in [7, 11) is 3.03. The summed E-state index contributed by atoms with van der Waals surface area (Å²) in [6, 6.07) is 12.2. The van der Waals surface area contributed by atoms with Crippen molar-refractivity contribution in [2.24, 2.45) is 0 Å². The maximum atomic E-state index is 12.1. The fraction of sp³-hybridized carbons (Fsp3) is 0.133. The molecule has 0 atom stereocenters. The van der Waals surface area contributed by atoms with Crippen LogP contribution in [0.25, 0.3) is 0 Å². The number of anilines is 2. The molecule has 0 radical (unpaired) electrons. The molecule has 20 heavy (non-hydrogen) atoms. The lowest BCUT2D eigenvalue weighted by Gasteiger charge is -2.14. The van der Waals surface area contributed by atoms with Crippen molar-refractivity contribution < 1.29 is 14.3 Å². The van der Waals surface area contributed by atoms with Crippen LogP contribution in [0.15, 0.2) is 42.5 Å². The molecular weight excluding hydrogens is 256 g/mol. The highest BCUT2D eigenvalue weighted by molar-refractivity contribution is 6.05. The maximum Gasteiger partial charge on any atom is 0.255 e. The zero-order valence-electron chi connectivity index (χ0n) is 11.3. The van der Waals surface area contributed by atoms with Gasteiger partial charge in [0.15, 0.2) is 5.75 Å². The number of rotatable bonds is 4. The second-order valence-corrected chi connectivity index (χ2v) is 4.12. The van der Waals surface area contributed by atoms with Crippen LogP contribution in [0.1, 0.15) is 10.4 Å². The Morgan fingerprint density at radius 2 is 1.80 bits per heavy atom. The number of methoxy groups -OCH3 is 2. The Balaban J connectivity index is 2.33. The SMILES string of the molecule is COc1cc(N)c(OC)c(NC(=O)c2ccccc2)c1. The van der Waals surface area contributed by atoms with Gasteiger partial charge in [-0.05, 0) is 12.1 Å². The molecule has 2 rings (SSSR count). The predicted octanol–water partition coefficient (Wildman–Crippen LogP) is 2.54. The Morgan fingerprint density at radius 1 is 1.10 bits per heavy atom. The van der Waals surface area contributed by atoms with Crippen molar-refractivity contribution in [1.82, 2.24) is 0 Å². The van der Waals surface area contributed by atoms with E-state index >= 15 is 0 Å². The standard InChI is InChI=1S/C15H16N2O3/c1-19-11-8-12(16)14(20-2)13(9-11)17-15(18)10-6-4-3-5-7-10/h3-9H,16H2,1-2H3,(H,17,18). The number of carbonyl (C=O) groups excluding carboxylic acids is 1. The highest BCUT2D eigenvalue weighted by atomic mass is 16.5. The Bertz CT molecular complexity index is 612. The molecule has 0 aliphatic carbocycles. The van der Waals surface area contributed by atoms with E-state index in [4.69, 9.17) is 15.2 Å². The summed E-state index contributed by atoms with van der Waals surface area (Å²) >= 11 is 0. The van der Waals surface area contributed by atoms with Crippen LogP contribution in [-0.4, -0.2) is 20.1 Å². The van der Waals surface area contributed by atoms with Crippen LogP contribution in [0.5, 0.6) is 11.5 Å². The van der Waals surface area contributed by atoms with Gasteiger partial charge in [-0.15, -0.1) is 0 Å². The summed E-state index contributed by atoms with van der Waals surface area (Å²) in [5.41, 5.74) is 7.29. The Hall–Kier alpha value is -2.69. The lowest BCUT2D eigenvalue weighted by molar-refractivity contribution is 0.102. The Labute approximate surface area is 117 Å². The van der Waals surface area contributed by atoms with E-state index in [1.54, 1.807) is 36.4 Å². The molecule has 0 fully saturated rings. The normalized spacial score (nSPS) is 9.90. The quantitative estimate of drug-likeness (QED) is 0.839. The molecule has 104 valence electrons. The van der Waals surface area contributed by atoms with Gasteiger partial charge in [0.1, 0.15) is 5.75 Å². The minimum atomic E-state index is -0.239. The van der Waals surface area contributed by atoms with Crippen LogP contribution >= 0.6 is 0 Å². The summed E-state index contributed by atoms with van der Waals surface area (Å²) in [5.74, 6) is 0.721. The molecule has 0 heterocycles. The molecule has 0 unspecified atom stereocenters. The molecule has 0 aliphatic rings. The van der Waals surface area contributed by atoms with Crippen molar-refractivity contribution in [3.05, 3.63) is 48.0 Å². The summed E-state index contributed by atoms with van der Waals surface area (Å²) < 4.78 is 10.4. The van der Waals surface area contributed by atoms with Gasteiger partial charge in [-0.2, -0.15) is 0 Å². The monoisotopic (exact) mass is 272 g/mol. The number of benzene rings is 2. The summed E-state index contributed by atoms with van der Waals surface area (Å²) in [6.45, 7) is 0. The van der Waals surface area contributed by atoms with Gasteiger partial charge in [0.25, 0.3) is 5.91 Å². The van der Waals surface area contributed by atoms with Crippen molar-refractivity contribution in [3.63, 3.8) is 0 Å². The minimum Gasteiger partial charge on any atom is -0.497 e. The van der Waals surface area contributed by atoms with Gasteiger partial charge in [-0.3, -0.25) is 4.79 Å². The second kappa shape index (κ2) is 5.97. The van der Waals surface area contributed by atoms with Gasteiger partial charge in [-0.25, -0.2) is 0 Å². The topological polar surface area (TPSA) is 73.6 Å². The van der Waals surface area contributed by atoms with E-state index in [-0.39, 0.29) is 5.91 Å². The first-order chi connectivity index (χ1) is 9.65. The van der Waals surface area contributed by atoms with Crippen molar-refractivity contribution in [2.75, 3.05) is 25.3 Å². The number of carbonyl (C=O) groups is 1. The van der Waals surface area contributed by atoms with Crippen LogP contribution in [0.3, 0.4) is 0 Å². The third kappa shape index (κ3) is 2.83. The highest BCUT2D eigenvalue weighted by Gasteiger charge is 2.13. The van der Waals surface area contributed by atoms with E-state index in [0.717, 1.165) is 0 Å². The molecular formula is C15H16N2O3. The highest BCUT2D eigenvalue weighted by Crippen LogP contribution is 2.35. The van der Waals surface area contributed by atoms with Gasteiger partial charge in [0.2, 0.25) is 0 Å². The van der Waals surface area contributed by atoms with Crippen molar-refractivity contribution >= 4 is 17.3 Å². The van der Waals surface area contributed by atoms with Gasteiger partial charge in [0.05, 0.1) is 25.6 Å². The van der Waals surface area contributed by atoms with Crippen molar-refractivity contribution in [3.8, 4) is 11.5 Å². The number of nitrogens with two attached hydrogens (primary N) is 1. The average molecular weight is 272 g/mol. The molecule has 0 aliphatic heterocycles. The largest absolute Gasteiger partial charge is 0.497 e. The van der Waals surface area contributed by atoms with E-state index in [0.29, 0.717) is 28.4 Å². The van der Waals surface area contributed by atoms with Crippen LogP contribution in [0.4, 0.5) is 11.4 Å². The molecule has 0 saturated carbocycles. The third-order valence-electron chi connectivity index (χ3n) is 2.82. The lowest BCUT2D eigenvalue weighted by Crippen LogP contribution is -2.13. The summed E-state index contributed by atoms with van der Waals surface area (Å²) in [4.78, 5) is 12.1. The number of amides is 1. The van der Waals surface area contributed by atoms with E-state index in [1.165, 1.54) is 14.2 Å². The van der Waals surface area contributed by atoms with Gasteiger partial charge in [-0.1, -0.05) is 18.2 Å². The van der Waals surface area contributed by atoms with Crippen LogP contribution in [0, 0.1) is 0 Å². The summed E-state index contributed by atoms with van der Waals surface area (Å²) in [5, 5.41) is 2.77. The molecule has 0 aromatic heterocycles. The molecule has 3 N–H and O–H groups in total. The Kier molecular flexibility index (Phi) is 4.10. The Morgan fingerprint density at radius 3 is 2.40 bits per heavy atom. The van der Waals surface area contributed by atoms with Crippen LogP contribution in [0.2, 0.25) is 0 Å². The first kappa shape index (κ1) is 13.7. The molecule has 2 aromatic carbocycles. The minimum absolute atomic E-state index is 0.239. The van der Waals surface area contributed by atoms with Gasteiger partial charge < -0.3 is 20.5 Å². The van der Waals surface area contributed by atoms with Gasteiger partial charge in [0, 0.05) is 17.7 Å². The van der Waals surface area contributed by atoms with Gasteiger partial charge >= 0.3 is 0 Å². The maximum absolute atomic E-state index is 12.1. The number of nitrogen functional groups attached to an aromatic ring is 1. The van der Waals surface area contributed by atoms with E-state index in [1.807, 2.05) is 6.07 Å². The van der Waals surface area contributed by atoms with Crippen molar-refractivity contribution in [1.29, 1.82) is 0 Å². The fourth-order valence-electron chi connectivity index (χ4n) is 1.85. The van der Waals surface area contributed by atoms with E-state index < -0.39 is 0 Å². The molecule has 0 saturated heterocycles. The molecule has 0 spiro atoms. The summed E-state index contributed by atoms with van der Waals surface area (Å²) in [6.07, 6.45) is 0. The molecule has 5 heteroatoms. The average Bonchev–Trinajstić information content (AvgIpc) is 2.47. The number of ether oxygens (including phenoxy) is 2. The molecule has 5 nitrogen and oxygen atoms in total. The first-order valence-electron chi connectivity index (χ1n) is 6.03. The predicted molar refractivity (Wildman–Crippen MR) is 78.4 cm³/mol. The number of hydrogen-bond donors (Lipinski definition) is 2. The molecule has 0 bridgehead atoms. The molecule has 1 amide bonds. The number of hydrogen-bond acceptors (Lipinski definition) is 4. The van der Waals surface area contributed by atoms with Crippen molar-refractivity contribution in [2.45, 2.75) is 0 Å². The van der Waals surface area contributed by atoms with E-state index in [9.17, 15) is 4.79 Å². The zero-order valence-corrected chi connectivity index (χ0v) is 11.3. The second-order valence-electron chi connectivity index (χ2n) is 4.12. The fourth-order valence-corrected chi connectivity index (χ4v) is 1.85. The smallest absolute Gasteiger partial charge is 0.255 e. The molecule has 2 aromatic rings. The lowest BCUT2D eigenvalue weighted by atomic mass is 10.2. The zero-order chi connectivity index (χ0) is 14.5. The third-order valence-corrected chi connectivity index (χ3v) is 2.82. The van der Waals surface area contributed by atoms with Crippen LogP contribution < -0.4 is 20.5 Å². The van der Waals surface area contributed by atoms with Crippen LogP contribution in [-0.2, 0) is 0 Å². The van der Waals surface area contributed by atoms with E-state index in [2.05, 4.69) is 5.32 Å².